The highest BCUT2D eigenvalue weighted by atomic mass is 19.1. The van der Waals surface area contributed by atoms with E-state index in [0.717, 1.165) is 11.4 Å². The van der Waals surface area contributed by atoms with Crippen LogP contribution in [-0.2, 0) is 6.54 Å². The lowest BCUT2D eigenvalue weighted by Gasteiger charge is -2.13. The Hall–Kier alpha value is -1.97. The normalized spacial score (nSPS) is 10.5. The average molecular weight is 234 g/mol. The summed E-state index contributed by atoms with van der Waals surface area (Å²) >= 11 is 0. The summed E-state index contributed by atoms with van der Waals surface area (Å²) in [5, 5.41) is 9.54. The van der Waals surface area contributed by atoms with E-state index < -0.39 is 5.82 Å². The molecule has 0 fully saturated rings. The van der Waals surface area contributed by atoms with Crippen LogP contribution in [-0.4, -0.2) is 9.78 Å². The highest BCUT2D eigenvalue weighted by Crippen LogP contribution is 2.20. The van der Waals surface area contributed by atoms with Gasteiger partial charge in [0.25, 0.3) is 0 Å². The fourth-order valence-corrected chi connectivity index (χ4v) is 1.78. The highest BCUT2D eigenvalue weighted by molar-refractivity contribution is 5.34. The molecule has 2 rings (SSSR count). The molecular weight excluding hydrogens is 219 g/mol. The van der Waals surface area contributed by atoms with Crippen LogP contribution in [0, 0.1) is 19.7 Å². The van der Waals surface area contributed by atoms with E-state index in [2.05, 4.69) is 5.43 Å². The first kappa shape index (κ1) is 11.5. The predicted molar refractivity (Wildman–Crippen MR) is 65.0 cm³/mol. The molecule has 0 spiro atoms. The van der Waals surface area contributed by atoms with Crippen LogP contribution in [0.4, 0.5) is 4.39 Å². The van der Waals surface area contributed by atoms with Crippen molar-refractivity contribution in [1.29, 1.82) is 0 Å². The Labute approximate surface area is 99.5 Å². The van der Waals surface area contributed by atoms with E-state index in [4.69, 9.17) is 0 Å². The molecule has 17 heavy (non-hydrogen) atoms. The second-order valence-corrected chi connectivity index (χ2v) is 4.03. The monoisotopic (exact) mass is 234 g/mol. The predicted octanol–water partition coefficient (Wildman–Crippen LogP) is 2.69. The molecule has 0 bridgehead atoms. The van der Waals surface area contributed by atoms with Crippen LogP contribution in [0.3, 0.4) is 0 Å². The third-order valence-electron chi connectivity index (χ3n) is 2.77. The minimum Gasteiger partial charge on any atom is -0.505 e. The van der Waals surface area contributed by atoms with Crippen molar-refractivity contribution in [2.75, 3.05) is 5.43 Å². The van der Waals surface area contributed by atoms with Gasteiger partial charge >= 0.3 is 0 Å². The van der Waals surface area contributed by atoms with Crippen molar-refractivity contribution >= 4 is 0 Å². The molecule has 2 N–H and O–H groups in total. The summed E-state index contributed by atoms with van der Waals surface area (Å²) in [5.74, 6) is -0.882. The van der Waals surface area contributed by atoms with Crippen LogP contribution in [0.1, 0.15) is 17.0 Å². The van der Waals surface area contributed by atoms with E-state index in [0.29, 0.717) is 12.1 Å². The molecular formula is C13H15FN2O. The number of rotatable bonds is 3. The Kier molecular flexibility index (Phi) is 3.04. The molecule has 1 aromatic heterocycles. The SMILES string of the molecule is Cc1ccc(C)n1NCc1cccc(F)c1O. The van der Waals surface area contributed by atoms with Crippen LogP contribution in [0.5, 0.6) is 5.75 Å². The highest BCUT2D eigenvalue weighted by Gasteiger charge is 2.07. The minimum atomic E-state index is -0.592. The van der Waals surface area contributed by atoms with Crippen molar-refractivity contribution < 1.29 is 9.50 Å². The summed E-state index contributed by atoms with van der Waals surface area (Å²) in [4.78, 5) is 0. The van der Waals surface area contributed by atoms with Gasteiger partial charge in [0, 0.05) is 17.0 Å². The Bertz CT molecular complexity index is 515. The molecule has 0 aliphatic rings. The smallest absolute Gasteiger partial charge is 0.165 e. The van der Waals surface area contributed by atoms with Gasteiger partial charge in [0.1, 0.15) is 0 Å². The fourth-order valence-electron chi connectivity index (χ4n) is 1.78. The Morgan fingerprint density at radius 2 is 1.82 bits per heavy atom. The summed E-state index contributed by atoms with van der Waals surface area (Å²) in [6, 6.07) is 8.51. The van der Waals surface area contributed by atoms with E-state index in [1.54, 1.807) is 12.1 Å². The first-order valence-corrected chi connectivity index (χ1v) is 5.45. The molecule has 90 valence electrons. The average Bonchev–Trinajstić information content (AvgIpc) is 2.62. The van der Waals surface area contributed by atoms with E-state index in [1.165, 1.54) is 6.07 Å². The van der Waals surface area contributed by atoms with Crippen LogP contribution in [0.15, 0.2) is 30.3 Å². The number of nitrogens with one attached hydrogen (secondary N) is 1. The van der Waals surface area contributed by atoms with E-state index >= 15 is 0 Å². The van der Waals surface area contributed by atoms with Crippen molar-refractivity contribution in [2.45, 2.75) is 20.4 Å². The molecule has 0 saturated heterocycles. The van der Waals surface area contributed by atoms with Gasteiger partial charge in [0.05, 0.1) is 6.54 Å². The van der Waals surface area contributed by atoms with Gasteiger partial charge in [-0.2, -0.15) is 0 Å². The number of phenols is 1. The number of para-hydroxylation sites is 1. The molecule has 3 nitrogen and oxygen atoms in total. The van der Waals surface area contributed by atoms with Gasteiger partial charge in [0.2, 0.25) is 0 Å². The second kappa shape index (κ2) is 4.49. The fraction of sp³-hybridized carbons (Fsp3) is 0.231. The van der Waals surface area contributed by atoms with Gasteiger partial charge in [-0.1, -0.05) is 12.1 Å². The molecule has 2 aromatic rings. The molecule has 0 aliphatic carbocycles. The lowest BCUT2D eigenvalue weighted by Crippen LogP contribution is -2.17. The molecule has 0 radical (unpaired) electrons. The lowest BCUT2D eigenvalue weighted by molar-refractivity contribution is 0.426. The number of phenolic OH excluding ortho intramolecular Hbond substituents is 1. The van der Waals surface area contributed by atoms with Gasteiger partial charge in [-0.25, -0.2) is 4.39 Å². The zero-order valence-corrected chi connectivity index (χ0v) is 9.87. The Morgan fingerprint density at radius 1 is 1.18 bits per heavy atom. The first-order chi connectivity index (χ1) is 8.09. The molecule has 0 atom stereocenters. The largest absolute Gasteiger partial charge is 0.505 e. The van der Waals surface area contributed by atoms with Crippen LogP contribution in [0.2, 0.25) is 0 Å². The topological polar surface area (TPSA) is 37.2 Å². The van der Waals surface area contributed by atoms with Crippen LogP contribution >= 0.6 is 0 Å². The molecule has 1 aromatic carbocycles. The summed E-state index contributed by atoms with van der Waals surface area (Å²) in [5.41, 5.74) is 5.81. The van der Waals surface area contributed by atoms with Gasteiger partial charge in [-0.05, 0) is 32.0 Å². The molecule has 0 amide bonds. The first-order valence-electron chi connectivity index (χ1n) is 5.45. The van der Waals surface area contributed by atoms with E-state index in [-0.39, 0.29) is 5.75 Å². The number of aryl methyl sites for hydroxylation is 2. The lowest BCUT2D eigenvalue weighted by atomic mass is 10.2. The maximum Gasteiger partial charge on any atom is 0.165 e. The quantitative estimate of drug-likeness (QED) is 0.856. The zero-order valence-electron chi connectivity index (χ0n) is 9.87. The number of aromatic hydroxyl groups is 1. The third kappa shape index (κ3) is 2.25. The van der Waals surface area contributed by atoms with Crippen molar-refractivity contribution in [2.24, 2.45) is 0 Å². The van der Waals surface area contributed by atoms with E-state index in [9.17, 15) is 9.50 Å². The number of nitrogens with zero attached hydrogens (tertiary/aromatic N) is 1. The molecule has 0 aliphatic heterocycles. The maximum atomic E-state index is 13.1. The maximum absolute atomic E-state index is 13.1. The summed E-state index contributed by atoms with van der Waals surface area (Å²) in [6.07, 6.45) is 0. The number of aromatic nitrogens is 1. The number of halogens is 1. The standard InChI is InChI=1S/C13H15FN2O/c1-9-6-7-10(2)16(9)15-8-11-4-3-5-12(14)13(11)17/h3-7,15,17H,8H2,1-2H3. The Morgan fingerprint density at radius 3 is 2.47 bits per heavy atom. The second-order valence-electron chi connectivity index (χ2n) is 4.03. The molecule has 0 saturated carbocycles. The summed E-state index contributed by atoms with van der Waals surface area (Å²) in [7, 11) is 0. The van der Waals surface area contributed by atoms with Gasteiger partial charge in [-0.15, -0.1) is 0 Å². The summed E-state index contributed by atoms with van der Waals surface area (Å²) in [6.45, 7) is 4.33. The van der Waals surface area contributed by atoms with Gasteiger partial charge < -0.3 is 10.5 Å². The van der Waals surface area contributed by atoms with E-state index in [1.807, 2.05) is 30.7 Å². The Balaban J connectivity index is 2.15. The van der Waals surface area contributed by atoms with Gasteiger partial charge in [0.15, 0.2) is 11.6 Å². The van der Waals surface area contributed by atoms with Crippen molar-refractivity contribution in [3.05, 3.63) is 53.1 Å². The molecule has 0 unspecified atom stereocenters. The minimum absolute atomic E-state index is 0.289. The summed E-state index contributed by atoms with van der Waals surface area (Å²) < 4.78 is 15.0. The molecule has 1 heterocycles. The van der Waals surface area contributed by atoms with Crippen molar-refractivity contribution in [3.63, 3.8) is 0 Å². The third-order valence-corrected chi connectivity index (χ3v) is 2.77. The van der Waals surface area contributed by atoms with Crippen LogP contribution < -0.4 is 5.43 Å². The number of hydrogen-bond donors (Lipinski definition) is 2. The number of benzene rings is 1. The molecule has 4 heteroatoms. The van der Waals surface area contributed by atoms with Gasteiger partial charge in [-0.3, -0.25) is 4.68 Å². The van der Waals surface area contributed by atoms with Crippen molar-refractivity contribution in [1.82, 2.24) is 4.68 Å². The number of hydrogen-bond acceptors (Lipinski definition) is 2. The van der Waals surface area contributed by atoms with Crippen LogP contribution in [0.25, 0.3) is 0 Å². The van der Waals surface area contributed by atoms with Crippen molar-refractivity contribution in [3.8, 4) is 5.75 Å². The zero-order chi connectivity index (χ0) is 12.4.